The number of nitrogens with zero attached hydrogens (tertiary/aromatic N) is 2. The van der Waals surface area contributed by atoms with Crippen LogP contribution in [0, 0.1) is 0 Å². The molecule has 0 bridgehead atoms. The molecule has 1 atom stereocenters. The van der Waals surface area contributed by atoms with E-state index in [-0.39, 0.29) is 18.2 Å². The summed E-state index contributed by atoms with van der Waals surface area (Å²) in [6, 6.07) is 17.8. The Kier molecular flexibility index (Phi) is 5.10. The Labute approximate surface area is 174 Å². The molecule has 1 fully saturated rings. The van der Waals surface area contributed by atoms with Gasteiger partial charge in [0.05, 0.1) is 32.0 Å². The van der Waals surface area contributed by atoms with Crippen molar-refractivity contribution in [1.82, 2.24) is 4.98 Å². The average molecular weight is 403 g/mol. The van der Waals surface area contributed by atoms with E-state index in [0.29, 0.717) is 28.4 Å². The molecule has 0 aliphatic carbocycles. The highest BCUT2D eigenvalue weighted by molar-refractivity contribution is 6.17. The zero-order valence-corrected chi connectivity index (χ0v) is 16.7. The second-order valence-electron chi connectivity index (χ2n) is 6.83. The molecule has 30 heavy (non-hydrogen) atoms. The van der Waals surface area contributed by atoms with Crippen LogP contribution in [-0.2, 0) is 15.1 Å². The van der Waals surface area contributed by atoms with Gasteiger partial charge in [0.15, 0.2) is 5.54 Å². The second kappa shape index (κ2) is 7.87. The normalized spacial score (nSPS) is 17.8. The van der Waals surface area contributed by atoms with Crippen molar-refractivity contribution >= 4 is 23.2 Å². The second-order valence-corrected chi connectivity index (χ2v) is 6.83. The minimum Gasteiger partial charge on any atom is -0.495 e. The summed E-state index contributed by atoms with van der Waals surface area (Å²) in [6.45, 7) is 0. The Bertz CT molecular complexity index is 1090. The van der Waals surface area contributed by atoms with Crippen molar-refractivity contribution in [1.29, 1.82) is 0 Å². The number of rotatable bonds is 6. The number of benzene rings is 2. The Morgan fingerprint density at radius 2 is 1.70 bits per heavy atom. The molecule has 1 aliphatic heterocycles. The van der Waals surface area contributed by atoms with Crippen LogP contribution in [0.3, 0.4) is 0 Å². The molecule has 1 unspecified atom stereocenters. The van der Waals surface area contributed by atoms with E-state index in [4.69, 9.17) is 9.47 Å². The quantitative estimate of drug-likeness (QED) is 0.639. The van der Waals surface area contributed by atoms with Crippen LogP contribution in [0.2, 0.25) is 0 Å². The molecule has 2 heterocycles. The first kappa shape index (κ1) is 19.4. The number of hydrogen-bond acceptors (Lipinski definition) is 5. The van der Waals surface area contributed by atoms with Crippen LogP contribution in [0.15, 0.2) is 73.1 Å². The summed E-state index contributed by atoms with van der Waals surface area (Å²) in [5.74, 6) is 0.495. The van der Waals surface area contributed by atoms with E-state index < -0.39 is 5.54 Å². The first-order valence-corrected chi connectivity index (χ1v) is 9.43. The third kappa shape index (κ3) is 3.04. The molecule has 1 N–H and O–H groups in total. The number of amides is 2. The van der Waals surface area contributed by atoms with Gasteiger partial charge in [0.25, 0.3) is 5.91 Å². The van der Waals surface area contributed by atoms with E-state index in [1.54, 1.807) is 60.9 Å². The van der Waals surface area contributed by atoms with Crippen molar-refractivity contribution in [2.75, 3.05) is 24.4 Å². The highest BCUT2D eigenvalue weighted by Crippen LogP contribution is 2.48. The van der Waals surface area contributed by atoms with E-state index >= 15 is 0 Å². The van der Waals surface area contributed by atoms with Crippen molar-refractivity contribution in [2.45, 2.75) is 12.0 Å². The topological polar surface area (TPSA) is 80.8 Å². The molecule has 7 nitrogen and oxygen atoms in total. The van der Waals surface area contributed by atoms with Crippen LogP contribution >= 0.6 is 0 Å². The molecular weight excluding hydrogens is 382 g/mol. The molecule has 152 valence electrons. The number of methoxy groups -OCH3 is 2. The summed E-state index contributed by atoms with van der Waals surface area (Å²) < 4.78 is 10.8. The van der Waals surface area contributed by atoms with Gasteiger partial charge in [0, 0.05) is 18.0 Å². The molecule has 2 amide bonds. The number of anilines is 2. The first-order valence-electron chi connectivity index (χ1n) is 9.43. The number of nitrogens with one attached hydrogen (secondary N) is 1. The highest BCUT2D eigenvalue weighted by atomic mass is 16.5. The molecule has 0 spiro atoms. The van der Waals surface area contributed by atoms with Gasteiger partial charge >= 0.3 is 0 Å². The lowest BCUT2D eigenvalue weighted by atomic mass is 9.76. The summed E-state index contributed by atoms with van der Waals surface area (Å²) in [7, 11) is 3.07. The van der Waals surface area contributed by atoms with Gasteiger partial charge < -0.3 is 14.8 Å². The third-order valence-electron chi connectivity index (χ3n) is 5.23. The van der Waals surface area contributed by atoms with Crippen LogP contribution in [-0.4, -0.2) is 31.0 Å². The number of β-lactam (4-membered cyclic amide) rings is 1. The predicted octanol–water partition coefficient (Wildman–Crippen LogP) is 3.37. The third-order valence-corrected chi connectivity index (χ3v) is 5.23. The van der Waals surface area contributed by atoms with Gasteiger partial charge in [-0.05, 0) is 30.3 Å². The number of aromatic nitrogens is 1. The number of ether oxygens (including phenoxy) is 2. The fourth-order valence-corrected chi connectivity index (χ4v) is 3.78. The summed E-state index contributed by atoms with van der Waals surface area (Å²) in [6.07, 6.45) is 3.25. The van der Waals surface area contributed by atoms with Crippen molar-refractivity contribution in [2.24, 2.45) is 0 Å². The van der Waals surface area contributed by atoms with E-state index in [2.05, 4.69) is 10.3 Å². The molecular formula is C23H21N3O4. The van der Waals surface area contributed by atoms with Crippen molar-refractivity contribution < 1.29 is 19.1 Å². The van der Waals surface area contributed by atoms with Crippen LogP contribution < -0.4 is 19.7 Å². The van der Waals surface area contributed by atoms with Gasteiger partial charge in [0.1, 0.15) is 11.5 Å². The number of carbonyl (C=O) groups is 2. The van der Waals surface area contributed by atoms with E-state index in [1.807, 2.05) is 12.1 Å². The monoisotopic (exact) mass is 403 g/mol. The largest absolute Gasteiger partial charge is 0.495 e. The summed E-state index contributed by atoms with van der Waals surface area (Å²) in [5.41, 5.74) is 0.395. The smallest absolute Gasteiger partial charge is 0.256 e. The van der Waals surface area contributed by atoms with E-state index in [9.17, 15) is 9.59 Å². The summed E-state index contributed by atoms with van der Waals surface area (Å²) >= 11 is 0. The molecule has 1 saturated heterocycles. The molecule has 4 rings (SSSR count). The maximum atomic E-state index is 13.7. The fourth-order valence-electron chi connectivity index (χ4n) is 3.78. The molecule has 1 aromatic heterocycles. The maximum Gasteiger partial charge on any atom is 0.256 e. The Morgan fingerprint density at radius 1 is 1.00 bits per heavy atom. The van der Waals surface area contributed by atoms with Gasteiger partial charge in [-0.15, -0.1) is 0 Å². The molecule has 7 heteroatoms. The molecule has 2 aromatic carbocycles. The zero-order valence-electron chi connectivity index (χ0n) is 16.7. The average Bonchev–Trinajstić information content (AvgIpc) is 2.78. The Morgan fingerprint density at radius 3 is 2.37 bits per heavy atom. The molecule has 1 aliphatic rings. The van der Waals surface area contributed by atoms with E-state index in [0.717, 1.165) is 0 Å². The van der Waals surface area contributed by atoms with E-state index in [1.165, 1.54) is 19.1 Å². The fraction of sp³-hybridized carbons (Fsp3) is 0.174. The zero-order chi connectivity index (χ0) is 21.1. The Balaban J connectivity index is 1.82. The number of carbonyl (C=O) groups excluding carboxylic acids is 2. The molecule has 3 aromatic rings. The molecule has 0 saturated carbocycles. The first-order chi connectivity index (χ1) is 14.6. The summed E-state index contributed by atoms with van der Waals surface area (Å²) in [5, 5.41) is 2.93. The van der Waals surface area contributed by atoms with Gasteiger partial charge in [-0.25, -0.2) is 0 Å². The maximum absolute atomic E-state index is 13.7. The lowest BCUT2D eigenvalue weighted by Gasteiger charge is -2.50. The molecule has 0 radical (unpaired) electrons. The lowest BCUT2D eigenvalue weighted by molar-refractivity contribution is -0.137. The van der Waals surface area contributed by atoms with Crippen LogP contribution in [0.25, 0.3) is 0 Å². The van der Waals surface area contributed by atoms with Crippen LogP contribution in [0.5, 0.6) is 11.5 Å². The summed E-state index contributed by atoms with van der Waals surface area (Å²) in [4.78, 5) is 32.2. The van der Waals surface area contributed by atoms with Crippen LogP contribution in [0.4, 0.5) is 11.4 Å². The Hall–Kier alpha value is -3.87. The van der Waals surface area contributed by atoms with Crippen molar-refractivity contribution in [3.05, 3.63) is 78.6 Å². The minimum atomic E-state index is -1.26. The standard InChI is InChI=1S/C23H21N3O4/c1-29-19-11-5-3-9-17(19)25-22(28)23(16-8-7-13-24-15-16)14-21(27)26(23)18-10-4-6-12-20(18)30-2/h3-13,15H,14H2,1-2H3,(H,25,28). The lowest BCUT2D eigenvalue weighted by Crippen LogP contribution is -2.67. The predicted molar refractivity (Wildman–Crippen MR) is 113 cm³/mol. The van der Waals surface area contributed by atoms with Crippen molar-refractivity contribution in [3.8, 4) is 11.5 Å². The number of pyridine rings is 1. The minimum absolute atomic E-state index is 0.0116. The van der Waals surface area contributed by atoms with Gasteiger partial charge in [0.2, 0.25) is 5.91 Å². The van der Waals surface area contributed by atoms with Crippen LogP contribution in [0.1, 0.15) is 12.0 Å². The van der Waals surface area contributed by atoms with Gasteiger partial charge in [-0.1, -0.05) is 30.3 Å². The number of para-hydroxylation sites is 4. The van der Waals surface area contributed by atoms with Crippen molar-refractivity contribution in [3.63, 3.8) is 0 Å². The number of hydrogen-bond donors (Lipinski definition) is 1. The SMILES string of the molecule is COc1ccccc1NC(=O)C1(c2cccnc2)CC(=O)N1c1ccccc1OC. The van der Waals surface area contributed by atoms with Gasteiger partial charge in [-0.3, -0.25) is 19.5 Å². The highest BCUT2D eigenvalue weighted by Gasteiger charge is 2.59. The van der Waals surface area contributed by atoms with Gasteiger partial charge in [-0.2, -0.15) is 0 Å².